The topological polar surface area (TPSA) is 41.4 Å². The Kier molecular flexibility index (Phi) is 5.25. The first-order valence-electron chi connectivity index (χ1n) is 8.34. The Balaban J connectivity index is 1.42. The minimum Gasteiger partial charge on any atom is -0.340 e. The van der Waals surface area contributed by atoms with Gasteiger partial charge in [-0.25, -0.2) is 4.39 Å². The van der Waals surface area contributed by atoms with Crippen molar-refractivity contribution in [1.82, 2.24) is 19.6 Å². The van der Waals surface area contributed by atoms with Gasteiger partial charge in [-0.05, 0) is 30.2 Å². The molecule has 0 bridgehead atoms. The summed E-state index contributed by atoms with van der Waals surface area (Å²) in [5, 5.41) is 4.21. The summed E-state index contributed by atoms with van der Waals surface area (Å²) in [7, 11) is 0. The van der Waals surface area contributed by atoms with E-state index in [0.29, 0.717) is 13.0 Å². The first-order chi connectivity index (χ1) is 11.6. The number of hydrogen-bond donors (Lipinski definition) is 0. The van der Waals surface area contributed by atoms with E-state index in [0.717, 1.165) is 43.9 Å². The van der Waals surface area contributed by atoms with Crippen LogP contribution in [-0.4, -0.2) is 51.7 Å². The summed E-state index contributed by atoms with van der Waals surface area (Å²) in [4.78, 5) is 16.5. The van der Waals surface area contributed by atoms with Gasteiger partial charge in [0.15, 0.2) is 0 Å². The van der Waals surface area contributed by atoms with Crippen molar-refractivity contribution >= 4 is 5.91 Å². The van der Waals surface area contributed by atoms with Gasteiger partial charge >= 0.3 is 0 Å². The van der Waals surface area contributed by atoms with E-state index in [9.17, 15) is 9.18 Å². The summed E-state index contributed by atoms with van der Waals surface area (Å²) in [5.74, 6) is -0.0221. The standard InChI is InChI=1S/C18H23FN4O/c1-15-12-20-23(13-15)7-6-18(24)22-10-8-21(9-11-22)14-16-2-4-17(19)5-3-16/h2-5,12-13H,6-11,14H2,1H3. The molecule has 0 atom stereocenters. The monoisotopic (exact) mass is 330 g/mol. The maximum atomic E-state index is 12.9. The number of amides is 1. The van der Waals surface area contributed by atoms with Crippen molar-refractivity contribution in [3.63, 3.8) is 0 Å². The molecule has 2 heterocycles. The molecule has 1 fully saturated rings. The summed E-state index contributed by atoms with van der Waals surface area (Å²) < 4.78 is 14.8. The van der Waals surface area contributed by atoms with Crippen molar-refractivity contribution in [1.29, 1.82) is 0 Å². The molecule has 3 rings (SSSR count). The fourth-order valence-electron chi connectivity index (χ4n) is 2.96. The Hall–Kier alpha value is -2.21. The molecule has 1 saturated heterocycles. The van der Waals surface area contributed by atoms with E-state index in [2.05, 4.69) is 10.00 Å². The molecule has 0 unspecified atom stereocenters. The predicted octanol–water partition coefficient (Wildman–Crippen LogP) is 2.07. The molecule has 0 radical (unpaired) electrons. The van der Waals surface area contributed by atoms with Gasteiger partial charge in [-0.1, -0.05) is 12.1 Å². The van der Waals surface area contributed by atoms with Gasteiger partial charge in [0, 0.05) is 51.9 Å². The smallest absolute Gasteiger partial charge is 0.224 e. The number of hydrogen-bond acceptors (Lipinski definition) is 3. The number of piperazine rings is 1. The fourth-order valence-corrected chi connectivity index (χ4v) is 2.96. The molecular weight excluding hydrogens is 307 g/mol. The average molecular weight is 330 g/mol. The van der Waals surface area contributed by atoms with Crippen LogP contribution in [0.15, 0.2) is 36.7 Å². The zero-order valence-electron chi connectivity index (χ0n) is 14.0. The molecule has 0 aliphatic carbocycles. The molecule has 1 aromatic heterocycles. The lowest BCUT2D eigenvalue weighted by Crippen LogP contribution is -2.48. The normalized spacial score (nSPS) is 15.7. The molecule has 1 aliphatic rings. The van der Waals surface area contributed by atoms with Crippen molar-refractivity contribution in [3.05, 3.63) is 53.6 Å². The quantitative estimate of drug-likeness (QED) is 0.843. The van der Waals surface area contributed by atoms with E-state index >= 15 is 0 Å². The summed E-state index contributed by atoms with van der Waals surface area (Å²) in [6.07, 6.45) is 4.24. The molecule has 1 amide bonds. The highest BCUT2D eigenvalue weighted by Crippen LogP contribution is 2.10. The van der Waals surface area contributed by atoms with Gasteiger partial charge < -0.3 is 4.90 Å². The molecular formula is C18H23FN4O. The number of benzene rings is 1. The van der Waals surface area contributed by atoms with Gasteiger partial charge in [-0.15, -0.1) is 0 Å². The first-order valence-corrected chi connectivity index (χ1v) is 8.34. The van der Waals surface area contributed by atoms with Crippen LogP contribution in [0.2, 0.25) is 0 Å². The number of carbonyl (C=O) groups excluding carboxylic acids is 1. The van der Waals surface area contributed by atoms with Crippen LogP contribution in [0.3, 0.4) is 0 Å². The summed E-state index contributed by atoms with van der Waals surface area (Å²) in [6, 6.07) is 6.62. The van der Waals surface area contributed by atoms with Crippen LogP contribution in [0.5, 0.6) is 0 Å². The second-order valence-corrected chi connectivity index (χ2v) is 6.31. The highest BCUT2D eigenvalue weighted by Gasteiger charge is 2.20. The number of halogens is 1. The number of carbonyl (C=O) groups is 1. The Morgan fingerprint density at radius 2 is 1.88 bits per heavy atom. The van der Waals surface area contributed by atoms with Crippen molar-refractivity contribution < 1.29 is 9.18 Å². The minimum absolute atomic E-state index is 0.185. The van der Waals surface area contributed by atoms with Crippen LogP contribution in [0.1, 0.15) is 17.5 Å². The number of aryl methyl sites for hydroxylation is 2. The third kappa shape index (κ3) is 4.41. The average Bonchev–Trinajstić information content (AvgIpc) is 3.01. The Bertz CT molecular complexity index is 675. The Morgan fingerprint density at radius 3 is 2.50 bits per heavy atom. The van der Waals surface area contributed by atoms with Crippen LogP contribution < -0.4 is 0 Å². The van der Waals surface area contributed by atoms with E-state index in [4.69, 9.17) is 0 Å². The second kappa shape index (κ2) is 7.57. The van der Waals surface area contributed by atoms with E-state index in [-0.39, 0.29) is 11.7 Å². The van der Waals surface area contributed by atoms with Gasteiger partial charge in [0.25, 0.3) is 0 Å². The molecule has 0 spiro atoms. The highest BCUT2D eigenvalue weighted by molar-refractivity contribution is 5.76. The van der Waals surface area contributed by atoms with Crippen molar-refractivity contribution in [2.45, 2.75) is 26.4 Å². The molecule has 0 N–H and O–H groups in total. The van der Waals surface area contributed by atoms with Crippen molar-refractivity contribution in [2.75, 3.05) is 26.2 Å². The molecule has 1 aliphatic heterocycles. The minimum atomic E-state index is -0.207. The van der Waals surface area contributed by atoms with Gasteiger partial charge in [-0.2, -0.15) is 5.10 Å². The zero-order chi connectivity index (χ0) is 16.9. The third-order valence-electron chi connectivity index (χ3n) is 4.36. The maximum Gasteiger partial charge on any atom is 0.224 e. The third-order valence-corrected chi connectivity index (χ3v) is 4.36. The molecule has 6 heteroatoms. The Labute approximate surface area is 141 Å². The second-order valence-electron chi connectivity index (χ2n) is 6.31. The number of aromatic nitrogens is 2. The SMILES string of the molecule is Cc1cnn(CCC(=O)N2CCN(Cc3ccc(F)cc3)CC2)c1. The van der Waals surface area contributed by atoms with Crippen LogP contribution >= 0.6 is 0 Å². The highest BCUT2D eigenvalue weighted by atomic mass is 19.1. The van der Waals surface area contributed by atoms with E-state index in [1.807, 2.05) is 34.8 Å². The predicted molar refractivity (Wildman–Crippen MR) is 89.8 cm³/mol. The molecule has 128 valence electrons. The van der Waals surface area contributed by atoms with Crippen LogP contribution in [-0.2, 0) is 17.9 Å². The van der Waals surface area contributed by atoms with Crippen molar-refractivity contribution in [3.8, 4) is 0 Å². The van der Waals surface area contributed by atoms with Crippen LogP contribution in [0, 0.1) is 12.7 Å². The molecule has 24 heavy (non-hydrogen) atoms. The summed E-state index contributed by atoms with van der Waals surface area (Å²) >= 11 is 0. The van der Waals surface area contributed by atoms with Gasteiger partial charge in [0.05, 0.1) is 6.20 Å². The zero-order valence-corrected chi connectivity index (χ0v) is 14.0. The largest absolute Gasteiger partial charge is 0.340 e. The van der Waals surface area contributed by atoms with Crippen LogP contribution in [0.25, 0.3) is 0 Å². The Morgan fingerprint density at radius 1 is 1.17 bits per heavy atom. The summed E-state index contributed by atoms with van der Waals surface area (Å²) in [5.41, 5.74) is 2.21. The van der Waals surface area contributed by atoms with Crippen LogP contribution in [0.4, 0.5) is 4.39 Å². The maximum absolute atomic E-state index is 12.9. The summed E-state index contributed by atoms with van der Waals surface area (Å²) in [6.45, 7) is 6.62. The molecule has 2 aromatic rings. The van der Waals surface area contributed by atoms with Gasteiger partial charge in [0.2, 0.25) is 5.91 Å². The molecule has 0 saturated carbocycles. The van der Waals surface area contributed by atoms with E-state index in [1.165, 1.54) is 12.1 Å². The van der Waals surface area contributed by atoms with Gasteiger partial charge in [-0.3, -0.25) is 14.4 Å². The fraction of sp³-hybridized carbons (Fsp3) is 0.444. The number of nitrogens with zero attached hydrogens (tertiary/aromatic N) is 4. The lowest BCUT2D eigenvalue weighted by molar-refractivity contribution is -0.133. The van der Waals surface area contributed by atoms with E-state index in [1.54, 1.807) is 6.20 Å². The lowest BCUT2D eigenvalue weighted by atomic mass is 10.2. The van der Waals surface area contributed by atoms with Crippen molar-refractivity contribution in [2.24, 2.45) is 0 Å². The number of rotatable bonds is 5. The lowest BCUT2D eigenvalue weighted by Gasteiger charge is -2.34. The molecule has 1 aromatic carbocycles. The molecule has 5 nitrogen and oxygen atoms in total. The van der Waals surface area contributed by atoms with E-state index < -0.39 is 0 Å². The first kappa shape index (κ1) is 16.6. The van der Waals surface area contributed by atoms with Gasteiger partial charge in [0.1, 0.15) is 5.82 Å².